The van der Waals surface area contributed by atoms with E-state index in [1.165, 1.54) is 23.3 Å². The number of benzene rings is 2. The van der Waals surface area contributed by atoms with Gasteiger partial charge in [0.2, 0.25) is 5.91 Å². The number of fused-ring (bicyclic) bond motifs is 1. The summed E-state index contributed by atoms with van der Waals surface area (Å²) in [5.74, 6) is -0.364. The van der Waals surface area contributed by atoms with Crippen molar-refractivity contribution in [2.24, 2.45) is 0 Å². The van der Waals surface area contributed by atoms with E-state index in [1.807, 2.05) is 6.07 Å². The molecule has 2 heterocycles. The molecule has 0 spiro atoms. The second-order valence-corrected chi connectivity index (χ2v) is 7.09. The number of hydrogen-bond acceptors (Lipinski definition) is 3. The quantitative estimate of drug-likeness (QED) is 0.842. The molecule has 0 radical (unpaired) electrons. The van der Waals surface area contributed by atoms with E-state index in [4.69, 9.17) is 4.74 Å². The lowest BCUT2D eigenvalue weighted by molar-refractivity contribution is -0.130. The molecule has 2 aliphatic rings. The third-order valence-corrected chi connectivity index (χ3v) is 5.51. The van der Waals surface area contributed by atoms with E-state index in [1.54, 1.807) is 6.07 Å². The lowest BCUT2D eigenvalue weighted by Crippen LogP contribution is -2.47. The molecule has 2 aliphatic heterocycles. The Morgan fingerprint density at radius 1 is 1.11 bits per heavy atom. The molecule has 2 aromatic rings. The highest BCUT2D eigenvalue weighted by atomic mass is 35.5. The molecule has 0 atom stereocenters. The van der Waals surface area contributed by atoms with Gasteiger partial charge in [0, 0.05) is 32.8 Å². The maximum absolute atomic E-state index is 13.8. The van der Waals surface area contributed by atoms with E-state index < -0.39 is 5.41 Å². The third kappa shape index (κ3) is 4.00. The number of nitrogens with one attached hydrogen (secondary N) is 2. The number of ether oxygens (including phenoxy) is 1. The summed E-state index contributed by atoms with van der Waals surface area (Å²) in [7, 11) is 0. The highest BCUT2D eigenvalue weighted by molar-refractivity contribution is 5.88. The normalized spacial score (nSPS) is 17.7. The molecule has 1 fully saturated rings. The second kappa shape index (κ2) is 8.38. The zero-order chi connectivity index (χ0) is 18.0. The molecule has 4 rings (SSSR count). The summed E-state index contributed by atoms with van der Waals surface area (Å²) >= 11 is 0. The number of carbonyl (C=O) groups excluding carboxylic acids is 1. The van der Waals surface area contributed by atoms with Crippen molar-refractivity contribution in [3.63, 3.8) is 0 Å². The largest absolute Gasteiger partial charge is 0.381 e. The molecule has 0 bridgehead atoms. The van der Waals surface area contributed by atoms with Crippen molar-refractivity contribution in [3.8, 4) is 0 Å². The first-order chi connectivity index (χ1) is 12.7. The molecule has 27 heavy (non-hydrogen) atoms. The van der Waals surface area contributed by atoms with Gasteiger partial charge >= 0.3 is 0 Å². The Labute approximate surface area is 164 Å². The third-order valence-electron chi connectivity index (χ3n) is 5.51. The first kappa shape index (κ1) is 19.8. The monoisotopic (exact) mass is 390 g/mol. The molecular weight excluding hydrogens is 367 g/mol. The SMILES string of the molecule is Cl.O=C(NCc1ccc2c(c1)CNC2)C1(c2cccc(F)c2)CCOCC1. The summed E-state index contributed by atoms with van der Waals surface area (Å²) in [5, 5.41) is 6.41. The van der Waals surface area contributed by atoms with Gasteiger partial charge < -0.3 is 15.4 Å². The number of carbonyl (C=O) groups is 1. The van der Waals surface area contributed by atoms with Crippen molar-refractivity contribution < 1.29 is 13.9 Å². The van der Waals surface area contributed by atoms with Crippen LogP contribution in [0, 0.1) is 5.82 Å². The molecule has 2 aromatic carbocycles. The fraction of sp³-hybridized carbons (Fsp3) is 0.381. The molecule has 1 saturated heterocycles. The van der Waals surface area contributed by atoms with Crippen molar-refractivity contribution in [2.75, 3.05) is 13.2 Å². The van der Waals surface area contributed by atoms with Gasteiger partial charge in [0.15, 0.2) is 0 Å². The van der Waals surface area contributed by atoms with E-state index in [2.05, 4.69) is 28.8 Å². The lowest BCUT2D eigenvalue weighted by atomic mass is 9.73. The standard InChI is InChI=1S/C21H23FN2O2.ClH/c22-19-3-1-2-18(11-19)21(6-8-26-9-7-21)20(25)24-12-15-4-5-16-13-23-14-17(16)10-15;/h1-5,10-11,23H,6-9,12-14H2,(H,24,25);1H. The van der Waals surface area contributed by atoms with Crippen molar-refractivity contribution in [1.82, 2.24) is 10.6 Å². The maximum Gasteiger partial charge on any atom is 0.231 e. The summed E-state index contributed by atoms with van der Waals surface area (Å²) in [6, 6.07) is 12.7. The Morgan fingerprint density at radius 2 is 1.89 bits per heavy atom. The fourth-order valence-corrected chi connectivity index (χ4v) is 3.96. The van der Waals surface area contributed by atoms with Gasteiger partial charge in [-0.05, 0) is 47.2 Å². The van der Waals surface area contributed by atoms with Crippen LogP contribution < -0.4 is 10.6 Å². The summed E-state index contributed by atoms with van der Waals surface area (Å²) < 4.78 is 19.2. The van der Waals surface area contributed by atoms with Crippen LogP contribution in [0.4, 0.5) is 4.39 Å². The van der Waals surface area contributed by atoms with Gasteiger partial charge in [0.1, 0.15) is 5.82 Å². The summed E-state index contributed by atoms with van der Waals surface area (Å²) in [6.07, 6.45) is 1.13. The number of rotatable bonds is 4. The van der Waals surface area contributed by atoms with Crippen molar-refractivity contribution in [2.45, 2.75) is 37.9 Å². The number of amides is 1. The highest BCUT2D eigenvalue weighted by Crippen LogP contribution is 2.35. The molecule has 6 heteroatoms. The zero-order valence-corrected chi connectivity index (χ0v) is 15.9. The minimum absolute atomic E-state index is 0. The zero-order valence-electron chi connectivity index (χ0n) is 15.1. The Kier molecular flexibility index (Phi) is 6.15. The Morgan fingerprint density at radius 3 is 2.67 bits per heavy atom. The molecule has 144 valence electrons. The average Bonchev–Trinajstić information content (AvgIpc) is 3.14. The Bertz CT molecular complexity index is 822. The predicted molar refractivity (Wildman–Crippen MR) is 104 cm³/mol. The van der Waals surface area contributed by atoms with Crippen LogP contribution in [0.25, 0.3) is 0 Å². The van der Waals surface area contributed by atoms with Crippen LogP contribution in [-0.2, 0) is 34.6 Å². The maximum atomic E-state index is 13.8. The van der Waals surface area contributed by atoms with Gasteiger partial charge in [0.05, 0.1) is 5.41 Å². The number of halogens is 2. The predicted octanol–water partition coefficient (Wildman–Crippen LogP) is 3.22. The summed E-state index contributed by atoms with van der Waals surface area (Å²) in [6.45, 7) is 3.28. The molecule has 4 nitrogen and oxygen atoms in total. The van der Waals surface area contributed by atoms with Crippen LogP contribution >= 0.6 is 12.4 Å². The van der Waals surface area contributed by atoms with Gasteiger partial charge in [-0.25, -0.2) is 4.39 Å². The van der Waals surface area contributed by atoms with Crippen LogP contribution in [0.2, 0.25) is 0 Å². The summed E-state index contributed by atoms with van der Waals surface area (Å²) in [4.78, 5) is 13.1. The Balaban J connectivity index is 0.00000210. The molecule has 2 N–H and O–H groups in total. The molecule has 0 aromatic heterocycles. The van der Waals surface area contributed by atoms with Gasteiger partial charge in [-0.15, -0.1) is 12.4 Å². The average molecular weight is 391 g/mol. The Hall–Kier alpha value is -1.95. The van der Waals surface area contributed by atoms with E-state index in [0.717, 1.165) is 24.2 Å². The van der Waals surface area contributed by atoms with Gasteiger partial charge in [-0.3, -0.25) is 4.79 Å². The van der Waals surface area contributed by atoms with E-state index >= 15 is 0 Å². The first-order valence-corrected chi connectivity index (χ1v) is 9.11. The van der Waals surface area contributed by atoms with Crippen LogP contribution in [0.5, 0.6) is 0 Å². The van der Waals surface area contributed by atoms with Crippen molar-refractivity contribution in [3.05, 3.63) is 70.5 Å². The number of hydrogen-bond donors (Lipinski definition) is 2. The van der Waals surface area contributed by atoms with E-state index in [0.29, 0.717) is 32.6 Å². The van der Waals surface area contributed by atoms with Crippen molar-refractivity contribution in [1.29, 1.82) is 0 Å². The molecule has 0 saturated carbocycles. The van der Waals surface area contributed by atoms with Crippen LogP contribution in [0.3, 0.4) is 0 Å². The molecular formula is C21H24ClFN2O2. The highest BCUT2D eigenvalue weighted by Gasteiger charge is 2.41. The van der Waals surface area contributed by atoms with Gasteiger partial charge in [-0.1, -0.05) is 30.3 Å². The molecule has 0 aliphatic carbocycles. The second-order valence-electron chi connectivity index (χ2n) is 7.09. The smallest absolute Gasteiger partial charge is 0.231 e. The van der Waals surface area contributed by atoms with Crippen LogP contribution in [0.1, 0.15) is 35.1 Å². The van der Waals surface area contributed by atoms with Gasteiger partial charge in [0.25, 0.3) is 0 Å². The van der Waals surface area contributed by atoms with Crippen LogP contribution in [0.15, 0.2) is 42.5 Å². The topological polar surface area (TPSA) is 50.4 Å². The van der Waals surface area contributed by atoms with Gasteiger partial charge in [-0.2, -0.15) is 0 Å². The van der Waals surface area contributed by atoms with Crippen LogP contribution in [-0.4, -0.2) is 19.1 Å². The first-order valence-electron chi connectivity index (χ1n) is 9.11. The van der Waals surface area contributed by atoms with Crippen molar-refractivity contribution >= 4 is 18.3 Å². The fourth-order valence-electron chi connectivity index (χ4n) is 3.96. The minimum Gasteiger partial charge on any atom is -0.381 e. The molecule has 0 unspecified atom stereocenters. The summed E-state index contributed by atoms with van der Waals surface area (Å²) in [5.41, 5.74) is 3.71. The van der Waals surface area contributed by atoms with E-state index in [-0.39, 0.29) is 24.1 Å². The molecule has 1 amide bonds. The lowest BCUT2D eigenvalue weighted by Gasteiger charge is -2.36. The minimum atomic E-state index is -0.724. The van der Waals surface area contributed by atoms with E-state index in [9.17, 15) is 9.18 Å².